The Labute approximate surface area is 81.3 Å². The molecule has 14 heavy (non-hydrogen) atoms. The summed E-state index contributed by atoms with van der Waals surface area (Å²) < 4.78 is 0. The lowest BCUT2D eigenvalue weighted by Gasteiger charge is -2.07. The molecule has 0 fully saturated rings. The highest BCUT2D eigenvalue weighted by atomic mass is 16.6. The topological polar surface area (TPSA) is 94.1 Å². The second-order valence-electron chi connectivity index (χ2n) is 2.99. The lowest BCUT2D eigenvalue weighted by Crippen LogP contribution is -2.25. The van der Waals surface area contributed by atoms with E-state index in [1.807, 2.05) is 6.92 Å². The van der Waals surface area contributed by atoms with Gasteiger partial charge in [0.2, 0.25) is 5.82 Å². The van der Waals surface area contributed by atoms with E-state index in [2.05, 4.69) is 10.3 Å². The smallest absolute Gasteiger partial charge is 0.311 e. The van der Waals surface area contributed by atoms with Gasteiger partial charge in [-0.15, -0.1) is 0 Å². The van der Waals surface area contributed by atoms with Crippen LogP contribution in [-0.4, -0.2) is 22.5 Å². The van der Waals surface area contributed by atoms with Gasteiger partial charge in [0.1, 0.15) is 0 Å². The van der Waals surface area contributed by atoms with Crippen molar-refractivity contribution in [2.75, 3.05) is 11.9 Å². The standard InChI is InChI=1S/C8H12N4O2/c1-6(9)5-11-8-7(12(13)14)3-2-4-10-8/h2-4,6H,5,9H2,1H3,(H,10,11). The van der Waals surface area contributed by atoms with Crippen LogP contribution >= 0.6 is 0 Å². The van der Waals surface area contributed by atoms with Gasteiger partial charge in [0.25, 0.3) is 0 Å². The highest BCUT2D eigenvalue weighted by molar-refractivity contribution is 5.55. The molecule has 0 aliphatic heterocycles. The number of hydrogen-bond acceptors (Lipinski definition) is 5. The summed E-state index contributed by atoms with van der Waals surface area (Å²) in [6.45, 7) is 2.26. The number of hydrogen-bond donors (Lipinski definition) is 2. The Hall–Kier alpha value is -1.69. The number of aromatic nitrogens is 1. The van der Waals surface area contributed by atoms with Crippen LogP contribution in [0.2, 0.25) is 0 Å². The number of rotatable bonds is 4. The Bertz CT molecular complexity index is 327. The summed E-state index contributed by atoms with van der Waals surface area (Å²) >= 11 is 0. The van der Waals surface area contributed by atoms with E-state index in [0.717, 1.165) is 0 Å². The zero-order chi connectivity index (χ0) is 10.6. The average Bonchev–Trinajstić information content (AvgIpc) is 2.15. The summed E-state index contributed by atoms with van der Waals surface area (Å²) in [6.07, 6.45) is 1.50. The van der Waals surface area contributed by atoms with E-state index in [-0.39, 0.29) is 17.5 Å². The fraction of sp³-hybridized carbons (Fsp3) is 0.375. The van der Waals surface area contributed by atoms with Crippen LogP contribution in [-0.2, 0) is 0 Å². The summed E-state index contributed by atoms with van der Waals surface area (Å²) in [5, 5.41) is 13.4. The van der Waals surface area contributed by atoms with Crippen LogP contribution < -0.4 is 11.1 Å². The highest BCUT2D eigenvalue weighted by Crippen LogP contribution is 2.19. The molecule has 1 rings (SSSR count). The Morgan fingerprint density at radius 2 is 2.50 bits per heavy atom. The van der Waals surface area contributed by atoms with Gasteiger partial charge in [-0.05, 0) is 13.0 Å². The molecule has 3 N–H and O–H groups in total. The monoisotopic (exact) mass is 196 g/mol. The highest BCUT2D eigenvalue weighted by Gasteiger charge is 2.13. The quantitative estimate of drug-likeness (QED) is 0.547. The SMILES string of the molecule is CC(N)CNc1ncccc1[N+](=O)[O-]. The molecular formula is C8H12N4O2. The zero-order valence-electron chi connectivity index (χ0n) is 7.80. The first-order chi connectivity index (χ1) is 6.61. The minimum absolute atomic E-state index is 0.0341. The molecule has 0 amide bonds. The molecule has 76 valence electrons. The molecule has 0 aliphatic carbocycles. The molecule has 0 radical (unpaired) electrons. The Morgan fingerprint density at radius 3 is 3.07 bits per heavy atom. The Morgan fingerprint density at radius 1 is 1.79 bits per heavy atom. The van der Waals surface area contributed by atoms with Crippen molar-refractivity contribution in [3.05, 3.63) is 28.4 Å². The third kappa shape index (κ3) is 2.67. The molecule has 1 aromatic rings. The maximum atomic E-state index is 10.6. The number of nitrogens with zero attached hydrogens (tertiary/aromatic N) is 2. The molecule has 0 aromatic carbocycles. The number of pyridine rings is 1. The number of nitrogens with two attached hydrogens (primary N) is 1. The number of nitro groups is 1. The number of nitrogens with one attached hydrogen (secondary N) is 1. The molecule has 1 unspecified atom stereocenters. The van der Waals surface area contributed by atoms with Crippen LogP contribution in [0.4, 0.5) is 11.5 Å². The van der Waals surface area contributed by atoms with Gasteiger partial charge in [-0.2, -0.15) is 0 Å². The van der Waals surface area contributed by atoms with Crippen LogP contribution in [0.1, 0.15) is 6.92 Å². The van der Waals surface area contributed by atoms with E-state index >= 15 is 0 Å². The molecule has 6 heteroatoms. The fourth-order valence-electron chi connectivity index (χ4n) is 0.938. The lowest BCUT2D eigenvalue weighted by atomic mass is 10.3. The maximum absolute atomic E-state index is 10.6. The largest absolute Gasteiger partial charge is 0.363 e. The summed E-state index contributed by atoms with van der Waals surface area (Å²) in [6, 6.07) is 2.85. The summed E-state index contributed by atoms with van der Waals surface area (Å²) in [7, 11) is 0. The van der Waals surface area contributed by atoms with Crippen molar-refractivity contribution >= 4 is 11.5 Å². The minimum Gasteiger partial charge on any atom is -0.363 e. The van der Waals surface area contributed by atoms with Crippen LogP contribution in [0.5, 0.6) is 0 Å². The maximum Gasteiger partial charge on any atom is 0.311 e. The van der Waals surface area contributed by atoms with Crippen LogP contribution in [0.25, 0.3) is 0 Å². The molecule has 0 bridgehead atoms. The van der Waals surface area contributed by atoms with Crippen molar-refractivity contribution in [3.8, 4) is 0 Å². The van der Waals surface area contributed by atoms with Gasteiger partial charge in [0.05, 0.1) is 4.92 Å². The first-order valence-electron chi connectivity index (χ1n) is 4.20. The predicted molar refractivity (Wildman–Crippen MR) is 53.0 cm³/mol. The van der Waals surface area contributed by atoms with E-state index in [9.17, 15) is 10.1 Å². The normalized spacial score (nSPS) is 12.1. The van der Waals surface area contributed by atoms with E-state index in [0.29, 0.717) is 6.54 Å². The summed E-state index contributed by atoms with van der Waals surface area (Å²) in [4.78, 5) is 13.9. The third-order valence-electron chi connectivity index (χ3n) is 1.57. The fourth-order valence-corrected chi connectivity index (χ4v) is 0.938. The molecule has 1 aromatic heterocycles. The zero-order valence-corrected chi connectivity index (χ0v) is 7.80. The molecule has 0 spiro atoms. The first kappa shape index (κ1) is 10.4. The van der Waals surface area contributed by atoms with E-state index in [1.54, 1.807) is 0 Å². The van der Waals surface area contributed by atoms with Crippen molar-refractivity contribution in [3.63, 3.8) is 0 Å². The van der Waals surface area contributed by atoms with Gasteiger partial charge < -0.3 is 11.1 Å². The van der Waals surface area contributed by atoms with Gasteiger partial charge in [-0.3, -0.25) is 10.1 Å². The first-order valence-corrected chi connectivity index (χ1v) is 4.20. The number of anilines is 1. The van der Waals surface area contributed by atoms with Crippen molar-refractivity contribution < 1.29 is 4.92 Å². The molecule has 1 heterocycles. The molecule has 0 aliphatic rings. The van der Waals surface area contributed by atoms with Gasteiger partial charge in [-0.25, -0.2) is 4.98 Å². The predicted octanol–water partition coefficient (Wildman–Crippen LogP) is 0.749. The lowest BCUT2D eigenvalue weighted by molar-refractivity contribution is -0.384. The van der Waals surface area contributed by atoms with Crippen molar-refractivity contribution in [2.24, 2.45) is 5.73 Å². The van der Waals surface area contributed by atoms with Crippen molar-refractivity contribution in [1.82, 2.24) is 4.98 Å². The second kappa shape index (κ2) is 4.52. The van der Waals surface area contributed by atoms with Gasteiger partial charge in [-0.1, -0.05) is 0 Å². The van der Waals surface area contributed by atoms with E-state index in [1.165, 1.54) is 18.3 Å². The van der Waals surface area contributed by atoms with Crippen LogP contribution in [0.3, 0.4) is 0 Å². The molecule has 1 atom stereocenters. The molecular weight excluding hydrogens is 184 g/mol. The van der Waals surface area contributed by atoms with Gasteiger partial charge in [0.15, 0.2) is 0 Å². The third-order valence-corrected chi connectivity index (χ3v) is 1.57. The average molecular weight is 196 g/mol. The second-order valence-corrected chi connectivity index (χ2v) is 2.99. The van der Waals surface area contributed by atoms with E-state index < -0.39 is 4.92 Å². The Balaban J connectivity index is 2.79. The summed E-state index contributed by atoms with van der Waals surface area (Å²) in [5.41, 5.74) is 5.47. The van der Waals surface area contributed by atoms with Crippen molar-refractivity contribution in [1.29, 1.82) is 0 Å². The van der Waals surface area contributed by atoms with Gasteiger partial charge in [0, 0.05) is 24.8 Å². The molecule has 6 nitrogen and oxygen atoms in total. The van der Waals surface area contributed by atoms with Crippen LogP contribution in [0, 0.1) is 10.1 Å². The molecule has 0 saturated heterocycles. The van der Waals surface area contributed by atoms with E-state index in [4.69, 9.17) is 5.73 Å². The molecule has 0 saturated carbocycles. The van der Waals surface area contributed by atoms with Crippen molar-refractivity contribution in [2.45, 2.75) is 13.0 Å². The van der Waals surface area contributed by atoms with Gasteiger partial charge >= 0.3 is 5.69 Å². The minimum atomic E-state index is -0.476. The summed E-state index contributed by atoms with van der Waals surface area (Å²) in [5.74, 6) is 0.259. The van der Waals surface area contributed by atoms with Crippen LogP contribution in [0.15, 0.2) is 18.3 Å². The Kier molecular flexibility index (Phi) is 3.35.